The van der Waals surface area contributed by atoms with Crippen LogP contribution in [-0.4, -0.2) is 24.6 Å². The highest BCUT2D eigenvalue weighted by Crippen LogP contribution is 2.22. The molecular weight excluding hydrogens is 342 g/mol. The Morgan fingerprint density at radius 1 is 1.12 bits per heavy atom. The van der Waals surface area contributed by atoms with E-state index in [9.17, 15) is 9.59 Å². The fourth-order valence-corrected chi connectivity index (χ4v) is 2.37. The average Bonchev–Trinajstić information content (AvgIpc) is 2.62. The SMILES string of the molecule is CCOC(=O)c1cc(NC(=O)[C@@H](CC)Oc2ccccc2)ccc1Cl. The molecule has 2 rings (SSSR count). The van der Waals surface area contributed by atoms with Crippen LogP contribution in [0.4, 0.5) is 5.69 Å². The Balaban J connectivity index is 2.10. The molecule has 0 aliphatic heterocycles. The molecule has 0 saturated heterocycles. The number of halogens is 1. The number of para-hydroxylation sites is 1. The first-order chi connectivity index (χ1) is 12.0. The molecule has 1 amide bonds. The fourth-order valence-electron chi connectivity index (χ4n) is 2.18. The normalized spacial score (nSPS) is 11.5. The maximum Gasteiger partial charge on any atom is 0.339 e. The lowest BCUT2D eigenvalue weighted by molar-refractivity contribution is -0.122. The maximum atomic E-state index is 12.5. The van der Waals surface area contributed by atoms with Crippen molar-refractivity contribution in [1.29, 1.82) is 0 Å². The number of benzene rings is 2. The molecule has 0 radical (unpaired) electrons. The van der Waals surface area contributed by atoms with Crippen molar-refractivity contribution in [3.05, 3.63) is 59.1 Å². The van der Waals surface area contributed by atoms with Gasteiger partial charge in [-0.15, -0.1) is 0 Å². The zero-order chi connectivity index (χ0) is 18.2. The van der Waals surface area contributed by atoms with Gasteiger partial charge in [0.05, 0.1) is 17.2 Å². The highest BCUT2D eigenvalue weighted by atomic mass is 35.5. The molecule has 6 heteroatoms. The lowest BCUT2D eigenvalue weighted by Gasteiger charge is -2.17. The van der Waals surface area contributed by atoms with E-state index in [1.54, 1.807) is 31.2 Å². The second-order valence-corrected chi connectivity index (χ2v) is 5.64. The highest BCUT2D eigenvalue weighted by Gasteiger charge is 2.20. The number of amides is 1. The molecule has 0 unspecified atom stereocenters. The van der Waals surface area contributed by atoms with Crippen LogP contribution < -0.4 is 10.1 Å². The zero-order valence-electron chi connectivity index (χ0n) is 14.1. The predicted octanol–water partition coefficient (Wildman–Crippen LogP) is 4.31. The zero-order valence-corrected chi connectivity index (χ0v) is 14.9. The van der Waals surface area contributed by atoms with Gasteiger partial charge in [0.25, 0.3) is 5.91 Å². The average molecular weight is 362 g/mol. The molecule has 0 aliphatic carbocycles. The Kier molecular flexibility index (Phi) is 6.83. The number of rotatable bonds is 7. The van der Waals surface area contributed by atoms with Crippen LogP contribution in [0.25, 0.3) is 0 Å². The van der Waals surface area contributed by atoms with Gasteiger partial charge in [-0.3, -0.25) is 4.79 Å². The molecule has 25 heavy (non-hydrogen) atoms. The quantitative estimate of drug-likeness (QED) is 0.746. The summed E-state index contributed by atoms with van der Waals surface area (Å²) >= 11 is 6.02. The molecular formula is C19H20ClNO4. The number of anilines is 1. The van der Waals surface area contributed by atoms with Crippen molar-refractivity contribution < 1.29 is 19.1 Å². The van der Waals surface area contributed by atoms with Crippen molar-refractivity contribution in [2.45, 2.75) is 26.4 Å². The summed E-state index contributed by atoms with van der Waals surface area (Å²) in [5.41, 5.74) is 0.658. The minimum Gasteiger partial charge on any atom is -0.481 e. The Morgan fingerprint density at radius 3 is 2.48 bits per heavy atom. The van der Waals surface area contributed by atoms with E-state index >= 15 is 0 Å². The molecule has 0 heterocycles. The summed E-state index contributed by atoms with van der Waals surface area (Å²) < 4.78 is 10.7. The van der Waals surface area contributed by atoms with Gasteiger partial charge in [-0.25, -0.2) is 4.79 Å². The van der Waals surface area contributed by atoms with Crippen LogP contribution in [0, 0.1) is 0 Å². The minimum atomic E-state index is -0.649. The van der Waals surface area contributed by atoms with Crippen molar-refractivity contribution in [2.75, 3.05) is 11.9 Å². The third kappa shape index (κ3) is 5.22. The number of hydrogen-bond donors (Lipinski definition) is 1. The van der Waals surface area contributed by atoms with E-state index in [-0.39, 0.29) is 23.1 Å². The van der Waals surface area contributed by atoms with E-state index in [1.165, 1.54) is 6.07 Å². The molecule has 1 atom stereocenters. The number of nitrogens with one attached hydrogen (secondary N) is 1. The number of ether oxygens (including phenoxy) is 2. The summed E-state index contributed by atoms with van der Waals surface area (Å²) in [6, 6.07) is 13.8. The standard InChI is InChI=1S/C19H20ClNO4/c1-3-17(25-14-8-6-5-7-9-14)18(22)21-13-10-11-16(20)15(12-13)19(23)24-4-2/h5-12,17H,3-4H2,1-2H3,(H,21,22)/t17-/m1/s1. The van der Waals surface area contributed by atoms with Crippen molar-refractivity contribution in [3.63, 3.8) is 0 Å². The molecule has 0 aromatic heterocycles. The van der Waals surface area contributed by atoms with Crippen molar-refractivity contribution in [3.8, 4) is 5.75 Å². The van der Waals surface area contributed by atoms with Gasteiger partial charge >= 0.3 is 5.97 Å². The van der Waals surface area contributed by atoms with Gasteiger partial charge in [0.15, 0.2) is 6.10 Å². The highest BCUT2D eigenvalue weighted by molar-refractivity contribution is 6.33. The number of esters is 1. The first kappa shape index (κ1) is 18.8. The fraction of sp³-hybridized carbons (Fsp3) is 0.263. The number of carbonyl (C=O) groups is 2. The summed E-state index contributed by atoms with van der Waals surface area (Å²) in [4.78, 5) is 24.3. The van der Waals surface area contributed by atoms with Gasteiger partial charge in [-0.2, -0.15) is 0 Å². The summed E-state index contributed by atoms with van der Waals surface area (Å²) in [6.45, 7) is 3.82. The Morgan fingerprint density at radius 2 is 1.84 bits per heavy atom. The van der Waals surface area contributed by atoms with Gasteiger partial charge in [0, 0.05) is 5.69 Å². The molecule has 132 valence electrons. The van der Waals surface area contributed by atoms with Crippen LogP contribution in [0.15, 0.2) is 48.5 Å². The summed E-state index contributed by atoms with van der Waals surface area (Å²) in [5, 5.41) is 3.02. The third-order valence-electron chi connectivity index (χ3n) is 3.41. The molecule has 1 N–H and O–H groups in total. The first-order valence-corrected chi connectivity index (χ1v) is 8.42. The second kappa shape index (κ2) is 9.08. The Hall–Kier alpha value is -2.53. The van der Waals surface area contributed by atoms with Crippen LogP contribution in [0.1, 0.15) is 30.6 Å². The van der Waals surface area contributed by atoms with E-state index in [0.29, 0.717) is 17.9 Å². The van der Waals surface area contributed by atoms with Gasteiger partial charge in [0.2, 0.25) is 0 Å². The van der Waals surface area contributed by atoms with Crippen molar-refractivity contribution in [2.24, 2.45) is 0 Å². The van der Waals surface area contributed by atoms with Gasteiger partial charge in [0.1, 0.15) is 5.75 Å². The smallest absolute Gasteiger partial charge is 0.339 e. The molecule has 2 aromatic rings. The van der Waals surface area contributed by atoms with Crippen LogP contribution in [0.2, 0.25) is 5.02 Å². The summed E-state index contributed by atoms with van der Waals surface area (Å²) in [5.74, 6) is -0.215. The van der Waals surface area contributed by atoms with Crippen molar-refractivity contribution >= 4 is 29.2 Å². The monoisotopic (exact) mass is 361 g/mol. The van der Waals surface area contributed by atoms with Crippen LogP contribution in [0.3, 0.4) is 0 Å². The Labute approximate surface area is 151 Å². The summed E-state index contributed by atoms with van der Waals surface area (Å²) in [7, 11) is 0. The van der Waals surface area contributed by atoms with E-state index in [0.717, 1.165) is 0 Å². The first-order valence-electron chi connectivity index (χ1n) is 8.04. The van der Waals surface area contributed by atoms with E-state index in [1.807, 2.05) is 25.1 Å². The number of carbonyl (C=O) groups excluding carboxylic acids is 2. The topological polar surface area (TPSA) is 64.6 Å². The van der Waals surface area contributed by atoms with E-state index < -0.39 is 12.1 Å². The predicted molar refractivity (Wildman–Crippen MR) is 97.2 cm³/mol. The number of hydrogen-bond acceptors (Lipinski definition) is 4. The van der Waals surface area contributed by atoms with Gasteiger partial charge < -0.3 is 14.8 Å². The minimum absolute atomic E-state index is 0.207. The second-order valence-electron chi connectivity index (χ2n) is 5.23. The van der Waals surface area contributed by atoms with Crippen LogP contribution in [-0.2, 0) is 9.53 Å². The van der Waals surface area contributed by atoms with Gasteiger partial charge in [-0.1, -0.05) is 36.7 Å². The lowest BCUT2D eigenvalue weighted by atomic mass is 10.2. The molecule has 0 saturated carbocycles. The molecule has 5 nitrogen and oxygen atoms in total. The molecule has 0 spiro atoms. The molecule has 2 aromatic carbocycles. The van der Waals surface area contributed by atoms with Crippen LogP contribution in [0.5, 0.6) is 5.75 Å². The van der Waals surface area contributed by atoms with Crippen LogP contribution >= 0.6 is 11.6 Å². The molecule has 0 bridgehead atoms. The third-order valence-corrected chi connectivity index (χ3v) is 3.74. The lowest BCUT2D eigenvalue weighted by Crippen LogP contribution is -2.32. The van der Waals surface area contributed by atoms with E-state index in [4.69, 9.17) is 21.1 Å². The molecule has 0 fully saturated rings. The van der Waals surface area contributed by atoms with Gasteiger partial charge in [-0.05, 0) is 43.7 Å². The summed E-state index contributed by atoms with van der Waals surface area (Å²) in [6.07, 6.45) is -0.150. The Bertz CT molecular complexity index is 733. The molecule has 0 aliphatic rings. The largest absolute Gasteiger partial charge is 0.481 e. The maximum absolute atomic E-state index is 12.5. The van der Waals surface area contributed by atoms with Crippen molar-refractivity contribution in [1.82, 2.24) is 0 Å². The van der Waals surface area contributed by atoms with E-state index in [2.05, 4.69) is 5.32 Å².